The van der Waals surface area contributed by atoms with Crippen LogP contribution < -0.4 is 0 Å². The van der Waals surface area contributed by atoms with E-state index in [-0.39, 0.29) is 61.9 Å². The van der Waals surface area contributed by atoms with Crippen molar-refractivity contribution in [1.82, 2.24) is 0 Å². The standard InChI is InChI=1S/C49H78O20/c1-62-35-12-22(13-36(63-2)41(35)58)46-48(69-49-44(61)43(60)42(59)37(67-49)19-64-38(57)10-5-20-3-7-23(50)8-4-20)26-17-34(65-32-14-24(51)15-33(66-46)39(26)32)40-30(55)18-28(53)25-16-31(56)45(68-47(25)40)21-6-9-27(52)29(54)11-21/h5,10,20-37,39-56,58-61H,3-4,6-9,11-19H2,1-2H3/p+1/t20?,21?,22?,23?,24?,25?,26?,27?,28?,29?,30?,31-,32?,33?,34?,35?,36?,37-,39?,40?,41?,42-,43+,44-,45-,46?,47?,48?,49+/m1/s1. The molecule has 0 spiro atoms. The predicted octanol–water partition coefficient (Wildman–Crippen LogP) is -2.15. The third-order valence-corrected chi connectivity index (χ3v) is 18.0. The number of fused-ring (bicyclic) bond motifs is 1. The van der Waals surface area contributed by atoms with Crippen molar-refractivity contribution >= 4 is 5.97 Å². The topological polar surface area (TPSA) is 317 Å². The van der Waals surface area contributed by atoms with Gasteiger partial charge in [-0.1, -0.05) is 6.08 Å². The van der Waals surface area contributed by atoms with E-state index in [0.717, 1.165) is 12.8 Å². The smallest absolute Gasteiger partial charge is 0.330 e. The Morgan fingerprint density at radius 2 is 1.29 bits per heavy atom. The zero-order valence-electron chi connectivity index (χ0n) is 39.6. The van der Waals surface area contributed by atoms with Gasteiger partial charge < -0.3 is 94.1 Å². The molecule has 0 bridgehead atoms. The molecule has 12 N–H and O–H groups in total. The van der Waals surface area contributed by atoms with Gasteiger partial charge in [0.2, 0.25) is 0 Å². The van der Waals surface area contributed by atoms with Crippen molar-refractivity contribution in [2.75, 3.05) is 20.8 Å². The monoisotopic (exact) mass is 988 g/mol. The maximum atomic E-state index is 12.9. The third kappa shape index (κ3) is 10.9. The molecular formula is C49H79O20+. The van der Waals surface area contributed by atoms with Crippen molar-refractivity contribution in [3.05, 3.63) is 12.2 Å². The van der Waals surface area contributed by atoms with Gasteiger partial charge in [0.15, 0.2) is 18.5 Å². The zero-order valence-corrected chi connectivity index (χ0v) is 39.6. The van der Waals surface area contributed by atoms with Crippen LogP contribution in [0.1, 0.15) is 89.9 Å². The van der Waals surface area contributed by atoms with Crippen molar-refractivity contribution in [2.45, 2.75) is 224 Å². The molecule has 394 valence electrons. The van der Waals surface area contributed by atoms with Crippen molar-refractivity contribution in [3.63, 3.8) is 0 Å². The molecule has 0 radical (unpaired) electrons. The molecule has 0 aromatic heterocycles. The molecule has 4 aliphatic heterocycles. The minimum atomic E-state index is -1.77. The Balaban J connectivity index is 1.01. The average molecular weight is 988 g/mol. The van der Waals surface area contributed by atoms with Crippen LogP contribution in [-0.4, -0.2) is 222 Å². The van der Waals surface area contributed by atoms with Crippen LogP contribution in [0, 0.1) is 41.4 Å². The first-order chi connectivity index (χ1) is 33.0. The molecule has 4 saturated heterocycles. The fourth-order valence-corrected chi connectivity index (χ4v) is 14.3. The van der Waals surface area contributed by atoms with Gasteiger partial charge >= 0.3 is 5.97 Å². The van der Waals surface area contributed by atoms with E-state index in [2.05, 4.69) is 0 Å². The summed E-state index contributed by atoms with van der Waals surface area (Å²) < 4.78 is 49.5. The largest absolute Gasteiger partial charge is 0.460 e. The average Bonchev–Trinajstić information content (AvgIpc) is 3.32. The van der Waals surface area contributed by atoms with Crippen molar-refractivity contribution in [2.24, 2.45) is 41.4 Å². The Bertz CT molecular complexity index is 1700. The van der Waals surface area contributed by atoms with E-state index >= 15 is 0 Å². The number of ether oxygens (including phenoxy) is 8. The maximum Gasteiger partial charge on any atom is 0.330 e. The van der Waals surface area contributed by atoms with Gasteiger partial charge in [0.25, 0.3) is 0 Å². The normalized spacial score (nSPS) is 53.8. The molecule has 9 fully saturated rings. The number of esters is 1. The SMILES string of the molecule is COC1CC(C2[OH+]C3CC(O)CC4OC(C5C(O)CC(O)C6C[C@@H](O)[C@@H](C7CCC(O)C(O)C7)OC65)CC(C2O[C@@H]2O[C@H](COC(=O)C=CC5CCC(O)CC5)[C@@H](O)[C@H](O)[C@H]2O)C43)CC(OC)C1O. The number of allylic oxidation sites excluding steroid dienone is 1. The fraction of sp³-hybridized carbons (Fsp3) is 0.939. The van der Waals surface area contributed by atoms with Crippen LogP contribution >= 0.6 is 0 Å². The lowest BCUT2D eigenvalue weighted by molar-refractivity contribution is -0.384. The van der Waals surface area contributed by atoms with Gasteiger partial charge in [-0.25, -0.2) is 4.79 Å². The Morgan fingerprint density at radius 3 is 1.99 bits per heavy atom. The number of hydrogen-bond acceptors (Lipinski definition) is 19. The number of methoxy groups -OCH3 is 2. The van der Waals surface area contributed by atoms with E-state index in [0.29, 0.717) is 44.9 Å². The molecule has 0 aromatic carbocycles. The molecule has 0 amide bonds. The molecule has 20 heteroatoms. The molecular weight excluding hydrogens is 909 g/mol. The quantitative estimate of drug-likeness (QED) is 0.0598. The third-order valence-electron chi connectivity index (χ3n) is 18.0. The summed E-state index contributed by atoms with van der Waals surface area (Å²) in [6.07, 6.45) is -12.7. The van der Waals surface area contributed by atoms with Crippen molar-refractivity contribution in [1.29, 1.82) is 0 Å². The van der Waals surface area contributed by atoms with Crippen molar-refractivity contribution in [3.8, 4) is 0 Å². The van der Waals surface area contributed by atoms with Crippen LogP contribution in [0.3, 0.4) is 0 Å². The van der Waals surface area contributed by atoms with Crippen LogP contribution in [0.15, 0.2) is 12.2 Å². The molecule has 9 rings (SSSR count). The first kappa shape index (κ1) is 52.4. The highest BCUT2D eigenvalue weighted by atomic mass is 16.7. The molecule has 20 nitrogen and oxygen atoms in total. The highest BCUT2D eigenvalue weighted by molar-refractivity contribution is 5.81. The number of rotatable bonds is 11. The number of carbonyl (C=O) groups is 1. The summed E-state index contributed by atoms with van der Waals surface area (Å²) in [5, 5.41) is 122. The maximum absolute atomic E-state index is 12.9. The van der Waals surface area contributed by atoms with Gasteiger partial charge in [-0.05, 0) is 82.5 Å². The summed E-state index contributed by atoms with van der Waals surface area (Å²) >= 11 is 0. The lowest BCUT2D eigenvalue weighted by Gasteiger charge is -2.58. The molecule has 9 aliphatic rings. The van der Waals surface area contributed by atoms with Crippen LogP contribution in [-0.2, 0) is 38.0 Å². The Labute approximate surface area is 402 Å². The lowest BCUT2D eigenvalue weighted by Crippen LogP contribution is -2.69. The minimum Gasteiger partial charge on any atom is -0.460 e. The second-order valence-electron chi connectivity index (χ2n) is 22.2. The molecule has 4 heterocycles. The summed E-state index contributed by atoms with van der Waals surface area (Å²) in [5.41, 5.74) is 0. The summed E-state index contributed by atoms with van der Waals surface area (Å²) in [6.45, 7) is -0.477. The first-order valence-corrected chi connectivity index (χ1v) is 25.7. The summed E-state index contributed by atoms with van der Waals surface area (Å²) in [6, 6.07) is 0. The Morgan fingerprint density at radius 1 is 0.580 bits per heavy atom. The fourth-order valence-electron chi connectivity index (χ4n) is 14.3. The zero-order chi connectivity index (χ0) is 49.0. The molecule has 69 heavy (non-hydrogen) atoms. The summed E-state index contributed by atoms with van der Waals surface area (Å²) in [5.74, 6) is -3.30. The van der Waals surface area contributed by atoms with Gasteiger partial charge in [-0.15, -0.1) is 0 Å². The van der Waals surface area contributed by atoms with Crippen LogP contribution in [0.5, 0.6) is 0 Å². The van der Waals surface area contributed by atoms with Crippen LogP contribution in [0.2, 0.25) is 0 Å². The van der Waals surface area contributed by atoms with Gasteiger partial charge in [0.05, 0.1) is 85.3 Å². The van der Waals surface area contributed by atoms with Crippen LogP contribution in [0.4, 0.5) is 0 Å². The number of carbonyl (C=O) groups excluding carboxylic acids is 1. The number of aliphatic hydroxyl groups excluding tert-OH is 11. The van der Waals surface area contributed by atoms with Crippen LogP contribution in [0.25, 0.3) is 0 Å². The van der Waals surface area contributed by atoms with E-state index in [1.165, 1.54) is 20.3 Å². The molecule has 0 aromatic rings. The second kappa shape index (κ2) is 22.1. The number of aliphatic hydroxyl groups is 13. The highest BCUT2D eigenvalue weighted by Crippen LogP contribution is 2.54. The molecule has 25 atom stereocenters. The molecule has 5 saturated carbocycles. The van der Waals surface area contributed by atoms with Crippen molar-refractivity contribution < 1.29 is 98.9 Å². The van der Waals surface area contributed by atoms with Gasteiger partial charge in [0, 0.05) is 63.2 Å². The van der Waals surface area contributed by atoms with Gasteiger partial charge in [-0.3, -0.25) is 0 Å². The van der Waals surface area contributed by atoms with E-state index in [9.17, 15) is 61.0 Å². The van der Waals surface area contributed by atoms with Gasteiger partial charge in [-0.2, -0.15) is 0 Å². The Kier molecular flexibility index (Phi) is 16.8. The molecule has 5 aliphatic carbocycles. The predicted molar refractivity (Wildman–Crippen MR) is 237 cm³/mol. The minimum absolute atomic E-state index is 0.00131. The Hall–Kier alpha value is -1.51. The van der Waals surface area contributed by atoms with Gasteiger partial charge in [0.1, 0.15) is 43.2 Å². The summed E-state index contributed by atoms with van der Waals surface area (Å²) in [4.78, 5) is 12.9. The lowest BCUT2D eigenvalue weighted by atomic mass is 9.61. The first-order valence-electron chi connectivity index (χ1n) is 25.7. The van der Waals surface area contributed by atoms with E-state index in [1.54, 1.807) is 6.08 Å². The van der Waals surface area contributed by atoms with E-state index in [4.69, 9.17) is 37.9 Å². The summed E-state index contributed by atoms with van der Waals surface area (Å²) in [7, 11) is 3.02. The highest BCUT2D eigenvalue weighted by Gasteiger charge is 2.65. The number of hydrogen-bond donors (Lipinski definition) is 11. The van der Waals surface area contributed by atoms with E-state index < -0.39 is 159 Å². The second-order valence-corrected chi connectivity index (χ2v) is 22.2. The molecule has 18 unspecified atom stereocenters. The van der Waals surface area contributed by atoms with E-state index in [1.807, 2.05) is 0 Å².